The number of carbonyl (C=O) groups excluding carboxylic acids is 1. The van der Waals surface area contributed by atoms with Gasteiger partial charge in [-0.15, -0.1) is 0 Å². The van der Waals surface area contributed by atoms with Crippen molar-refractivity contribution in [1.29, 1.82) is 0 Å². The van der Waals surface area contributed by atoms with Crippen molar-refractivity contribution in [2.45, 2.75) is 48.6 Å². The molecule has 0 bridgehead atoms. The molecule has 0 aromatic heterocycles. The van der Waals surface area contributed by atoms with Gasteiger partial charge in [0.1, 0.15) is 11.8 Å². The van der Waals surface area contributed by atoms with Gasteiger partial charge in [0.15, 0.2) is 0 Å². The van der Waals surface area contributed by atoms with Crippen LogP contribution in [0.4, 0.5) is 0 Å². The Labute approximate surface area is 189 Å². The number of benzene rings is 2. The molecular formula is C24H30N2O5S. The van der Waals surface area contributed by atoms with Crippen molar-refractivity contribution in [2.75, 3.05) is 20.2 Å². The number of likely N-dealkylation sites (tertiary alicyclic amines) is 1. The van der Waals surface area contributed by atoms with E-state index in [1.165, 1.54) is 19.2 Å². The van der Waals surface area contributed by atoms with E-state index < -0.39 is 21.7 Å². The Bertz CT molecular complexity index is 1040. The summed E-state index contributed by atoms with van der Waals surface area (Å²) in [6.45, 7) is 0.863. The standard InChI is InChI=1S/C24H30N2O5S/c1-31-20-10-12-21(13-11-20)32(29,30)25-22(18-7-3-2-4-8-18)23(27)26-16-15-24(28)14-6-5-9-19(24)17-26/h2-4,7-8,10-13,19,22,25,28H,5-6,9,14-17H2,1H3/t19-,22-,24+/m0/s1. The Hall–Kier alpha value is -2.42. The lowest BCUT2D eigenvalue weighted by Gasteiger charge is -2.48. The van der Waals surface area contributed by atoms with E-state index in [-0.39, 0.29) is 16.7 Å². The third kappa shape index (κ3) is 4.67. The van der Waals surface area contributed by atoms with E-state index in [1.807, 2.05) is 6.07 Å². The molecule has 2 fully saturated rings. The second-order valence-electron chi connectivity index (χ2n) is 8.72. The highest BCUT2D eigenvalue weighted by Gasteiger charge is 2.45. The molecule has 8 heteroatoms. The molecule has 0 spiro atoms. The van der Waals surface area contributed by atoms with Gasteiger partial charge in [0.25, 0.3) is 0 Å². The summed E-state index contributed by atoms with van der Waals surface area (Å²) in [6.07, 6.45) is 4.23. The van der Waals surface area contributed by atoms with Crippen molar-refractivity contribution in [1.82, 2.24) is 9.62 Å². The monoisotopic (exact) mass is 458 g/mol. The van der Waals surface area contributed by atoms with E-state index in [4.69, 9.17) is 4.74 Å². The van der Waals surface area contributed by atoms with Crippen LogP contribution in [0.1, 0.15) is 43.7 Å². The zero-order valence-electron chi connectivity index (χ0n) is 18.2. The molecule has 2 aliphatic rings. The molecule has 2 aromatic carbocycles. The van der Waals surface area contributed by atoms with Crippen molar-refractivity contribution >= 4 is 15.9 Å². The molecule has 7 nitrogen and oxygen atoms in total. The Balaban J connectivity index is 1.59. The molecule has 2 N–H and O–H groups in total. The SMILES string of the molecule is COc1ccc(S(=O)(=O)N[C@H](C(=O)N2CC[C@]3(O)CCCC[C@H]3C2)c2ccccc2)cc1. The maximum Gasteiger partial charge on any atom is 0.245 e. The number of aliphatic hydroxyl groups is 1. The second-order valence-corrected chi connectivity index (χ2v) is 10.4. The van der Waals surface area contributed by atoms with Crippen LogP contribution in [0.2, 0.25) is 0 Å². The average molecular weight is 459 g/mol. The van der Waals surface area contributed by atoms with Gasteiger partial charge < -0.3 is 14.7 Å². The summed E-state index contributed by atoms with van der Waals surface area (Å²) >= 11 is 0. The minimum absolute atomic E-state index is 0.0311. The zero-order valence-corrected chi connectivity index (χ0v) is 19.1. The summed E-state index contributed by atoms with van der Waals surface area (Å²) in [4.78, 5) is 15.4. The van der Waals surface area contributed by atoms with Crippen molar-refractivity contribution in [3.8, 4) is 5.75 Å². The van der Waals surface area contributed by atoms with E-state index in [0.29, 0.717) is 30.8 Å². The molecule has 1 saturated heterocycles. The molecule has 1 aliphatic carbocycles. The Morgan fingerprint density at radius 3 is 2.53 bits per heavy atom. The number of methoxy groups -OCH3 is 1. The van der Waals surface area contributed by atoms with E-state index in [0.717, 1.165) is 25.7 Å². The van der Waals surface area contributed by atoms with Gasteiger partial charge in [-0.25, -0.2) is 8.42 Å². The summed E-state index contributed by atoms with van der Waals surface area (Å²) in [7, 11) is -2.44. The van der Waals surface area contributed by atoms with Crippen LogP contribution in [-0.4, -0.2) is 50.1 Å². The number of nitrogens with zero attached hydrogens (tertiary/aromatic N) is 1. The maximum absolute atomic E-state index is 13.6. The molecule has 1 heterocycles. The summed E-state index contributed by atoms with van der Waals surface area (Å²) in [5.41, 5.74) is -0.126. The van der Waals surface area contributed by atoms with Gasteiger partial charge in [-0.05, 0) is 49.1 Å². The lowest BCUT2D eigenvalue weighted by molar-refractivity contribution is -0.145. The van der Waals surface area contributed by atoms with Crippen LogP contribution in [0.15, 0.2) is 59.5 Å². The molecule has 172 valence electrons. The van der Waals surface area contributed by atoms with Gasteiger partial charge in [0, 0.05) is 19.0 Å². The number of carbonyl (C=O) groups is 1. The fourth-order valence-corrected chi connectivity index (χ4v) is 6.02. The number of hydrogen-bond donors (Lipinski definition) is 2. The number of nitrogens with one attached hydrogen (secondary N) is 1. The van der Waals surface area contributed by atoms with Crippen molar-refractivity contribution in [3.05, 3.63) is 60.2 Å². The normalized spacial score (nSPS) is 24.4. The Kier molecular flexibility index (Phi) is 6.55. The third-order valence-electron chi connectivity index (χ3n) is 6.76. The molecule has 1 saturated carbocycles. The average Bonchev–Trinajstić information content (AvgIpc) is 2.82. The van der Waals surface area contributed by atoms with E-state index in [9.17, 15) is 18.3 Å². The van der Waals surface area contributed by atoms with Gasteiger partial charge in [-0.1, -0.05) is 43.2 Å². The van der Waals surface area contributed by atoms with Crippen LogP contribution < -0.4 is 9.46 Å². The lowest BCUT2D eigenvalue weighted by Crippen LogP contribution is -2.56. The van der Waals surface area contributed by atoms with Crippen LogP contribution in [0.5, 0.6) is 5.75 Å². The maximum atomic E-state index is 13.6. The highest BCUT2D eigenvalue weighted by Crippen LogP contribution is 2.40. The van der Waals surface area contributed by atoms with Crippen LogP contribution >= 0.6 is 0 Å². The van der Waals surface area contributed by atoms with Gasteiger partial charge in [-0.3, -0.25) is 4.79 Å². The number of hydrogen-bond acceptors (Lipinski definition) is 5. The number of amides is 1. The fraction of sp³-hybridized carbons (Fsp3) is 0.458. The highest BCUT2D eigenvalue weighted by atomic mass is 32.2. The lowest BCUT2D eigenvalue weighted by atomic mass is 9.71. The number of fused-ring (bicyclic) bond motifs is 1. The topological polar surface area (TPSA) is 95.9 Å². The van der Waals surface area contributed by atoms with Crippen LogP contribution in [0, 0.1) is 5.92 Å². The fourth-order valence-electron chi connectivity index (χ4n) is 4.84. The molecule has 0 radical (unpaired) electrons. The first-order chi connectivity index (χ1) is 15.3. The summed E-state index contributed by atoms with van der Waals surface area (Å²) < 4.78 is 34.0. The van der Waals surface area contributed by atoms with E-state index in [2.05, 4.69) is 4.72 Å². The minimum atomic E-state index is -3.95. The quantitative estimate of drug-likeness (QED) is 0.694. The predicted octanol–water partition coefficient (Wildman–Crippen LogP) is 2.87. The first kappa shape index (κ1) is 22.8. The van der Waals surface area contributed by atoms with Gasteiger partial charge >= 0.3 is 0 Å². The van der Waals surface area contributed by atoms with Gasteiger partial charge in [0.2, 0.25) is 15.9 Å². The first-order valence-corrected chi connectivity index (χ1v) is 12.5. The summed E-state index contributed by atoms with van der Waals surface area (Å²) in [5, 5.41) is 11.0. The van der Waals surface area contributed by atoms with Crippen molar-refractivity contribution < 1.29 is 23.1 Å². The van der Waals surface area contributed by atoms with Crippen LogP contribution in [-0.2, 0) is 14.8 Å². The Morgan fingerprint density at radius 1 is 1.12 bits per heavy atom. The van der Waals surface area contributed by atoms with Gasteiger partial charge in [-0.2, -0.15) is 4.72 Å². The van der Waals surface area contributed by atoms with E-state index >= 15 is 0 Å². The molecule has 2 aromatic rings. The summed E-state index contributed by atoms with van der Waals surface area (Å²) in [5.74, 6) is 0.289. The smallest absolute Gasteiger partial charge is 0.245 e. The van der Waals surface area contributed by atoms with Crippen molar-refractivity contribution in [2.24, 2.45) is 5.92 Å². The largest absolute Gasteiger partial charge is 0.497 e. The summed E-state index contributed by atoms with van der Waals surface area (Å²) in [6, 6.07) is 13.9. The van der Waals surface area contributed by atoms with E-state index in [1.54, 1.807) is 41.3 Å². The number of piperidine rings is 1. The van der Waals surface area contributed by atoms with Crippen LogP contribution in [0.25, 0.3) is 0 Å². The zero-order chi connectivity index (χ0) is 22.8. The predicted molar refractivity (Wildman–Crippen MR) is 121 cm³/mol. The third-order valence-corrected chi connectivity index (χ3v) is 8.20. The van der Waals surface area contributed by atoms with Crippen molar-refractivity contribution in [3.63, 3.8) is 0 Å². The Morgan fingerprint density at radius 2 is 1.84 bits per heavy atom. The minimum Gasteiger partial charge on any atom is -0.497 e. The number of rotatable bonds is 6. The number of sulfonamides is 1. The highest BCUT2D eigenvalue weighted by molar-refractivity contribution is 7.89. The van der Waals surface area contributed by atoms with Crippen LogP contribution in [0.3, 0.4) is 0 Å². The molecule has 4 rings (SSSR count). The molecule has 1 aliphatic heterocycles. The molecule has 32 heavy (non-hydrogen) atoms. The molecule has 1 amide bonds. The molecular weight excluding hydrogens is 428 g/mol. The molecule has 3 atom stereocenters. The van der Waals surface area contributed by atoms with Gasteiger partial charge in [0.05, 0.1) is 17.6 Å². The second kappa shape index (κ2) is 9.21. The first-order valence-electron chi connectivity index (χ1n) is 11.0. The number of ether oxygens (including phenoxy) is 1. The molecule has 0 unspecified atom stereocenters.